The molecule has 1 aromatic rings. The molecule has 0 radical (unpaired) electrons. The third-order valence-corrected chi connectivity index (χ3v) is 5.09. The van der Waals surface area contributed by atoms with E-state index in [0.29, 0.717) is 12.0 Å². The van der Waals surface area contributed by atoms with Crippen LogP contribution in [0.25, 0.3) is 0 Å². The van der Waals surface area contributed by atoms with Gasteiger partial charge < -0.3 is 10.1 Å². The van der Waals surface area contributed by atoms with Crippen molar-refractivity contribution in [2.75, 3.05) is 19.8 Å². The van der Waals surface area contributed by atoms with Crippen molar-refractivity contribution in [3.63, 3.8) is 0 Å². The Morgan fingerprint density at radius 1 is 1.50 bits per heavy atom. The molecule has 0 bridgehead atoms. The zero-order valence-electron chi connectivity index (χ0n) is 12.8. The monoisotopic (exact) mass is 343 g/mol. The molecule has 0 saturated carbocycles. The average Bonchev–Trinajstić information content (AvgIpc) is 3.06. The minimum atomic E-state index is 0.482. The van der Waals surface area contributed by atoms with Gasteiger partial charge in [-0.1, -0.05) is 6.92 Å². The third-order valence-electron chi connectivity index (χ3n) is 4.06. The van der Waals surface area contributed by atoms with Crippen LogP contribution in [0, 0.1) is 12.8 Å². The van der Waals surface area contributed by atoms with Gasteiger partial charge >= 0.3 is 0 Å². The van der Waals surface area contributed by atoms with Crippen LogP contribution in [0.1, 0.15) is 38.1 Å². The van der Waals surface area contributed by atoms with Gasteiger partial charge in [0, 0.05) is 31.5 Å². The summed E-state index contributed by atoms with van der Waals surface area (Å²) in [5.41, 5.74) is 2.39. The van der Waals surface area contributed by atoms with Gasteiger partial charge in [0.05, 0.1) is 22.5 Å². The molecule has 2 rings (SSSR count). The van der Waals surface area contributed by atoms with E-state index in [9.17, 15) is 0 Å². The van der Waals surface area contributed by atoms with Crippen molar-refractivity contribution in [1.29, 1.82) is 0 Å². The van der Waals surface area contributed by atoms with Crippen LogP contribution in [0.3, 0.4) is 0 Å². The fourth-order valence-corrected chi connectivity index (χ4v) is 3.32. The van der Waals surface area contributed by atoms with Crippen LogP contribution < -0.4 is 5.32 Å². The molecule has 0 spiro atoms. The quantitative estimate of drug-likeness (QED) is 0.827. The molecule has 0 aliphatic carbocycles. The highest BCUT2D eigenvalue weighted by atomic mass is 79.9. The van der Waals surface area contributed by atoms with Crippen LogP contribution in [-0.2, 0) is 17.7 Å². The number of halogens is 1. The highest BCUT2D eigenvalue weighted by molar-refractivity contribution is 9.10. The molecule has 2 atom stereocenters. The Hall–Kier alpha value is -0.390. The zero-order chi connectivity index (χ0) is 14.5. The second-order valence-electron chi connectivity index (χ2n) is 5.55. The number of hydrogen-bond donors (Lipinski definition) is 1. The molecule has 2 heterocycles. The lowest BCUT2D eigenvalue weighted by atomic mass is 9.94. The summed E-state index contributed by atoms with van der Waals surface area (Å²) in [6.45, 7) is 10.2. The molecule has 0 aromatic carbocycles. The van der Waals surface area contributed by atoms with Crippen molar-refractivity contribution in [3.05, 3.63) is 15.9 Å². The van der Waals surface area contributed by atoms with Gasteiger partial charge in [0.15, 0.2) is 0 Å². The van der Waals surface area contributed by atoms with Gasteiger partial charge in [-0.2, -0.15) is 5.10 Å². The lowest BCUT2D eigenvalue weighted by molar-refractivity contribution is 0.176. The Morgan fingerprint density at radius 2 is 2.30 bits per heavy atom. The van der Waals surface area contributed by atoms with Crippen molar-refractivity contribution >= 4 is 15.9 Å². The van der Waals surface area contributed by atoms with E-state index in [0.717, 1.165) is 51.3 Å². The number of nitrogens with zero attached hydrogens (tertiary/aromatic N) is 2. The molecule has 1 N–H and O–H groups in total. The molecule has 20 heavy (non-hydrogen) atoms. The summed E-state index contributed by atoms with van der Waals surface area (Å²) in [5.74, 6) is 0.619. The summed E-state index contributed by atoms with van der Waals surface area (Å²) in [7, 11) is 0. The first-order valence-corrected chi connectivity index (χ1v) is 8.49. The van der Waals surface area contributed by atoms with E-state index in [1.165, 1.54) is 10.2 Å². The fourth-order valence-electron chi connectivity index (χ4n) is 2.88. The van der Waals surface area contributed by atoms with E-state index in [2.05, 4.69) is 51.8 Å². The predicted octanol–water partition coefficient (Wildman–Crippen LogP) is 2.92. The molecule has 1 fully saturated rings. The third kappa shape index (κ3) is 3.62. The van der Waals surface area contributed by atoms with Crippen molar-refractivity contribution in [2.24, 2.45) is 5.92 Å². The van der Waals surface area contributed by atoms with Gasteiger partial charge in [-0.15, -0.1) is 0 Å². The van der Waals surface area contributed by atoms with Gasteiger partial charge in [-0.3, -0.25) is 4.68 Å². The number of hydrogen-bond acceptors (Lipinski definition) is 3. The Balaban J connectivity index is 2.13. The molecule has 1 aromatic heterocycles. The Bertz CT molecular complexity index is 427. The van der Waals surface area contributed by atoms with E-state index in [1.807, 2.05) is 0 Å². The molecule has 2 unspecified atom stereocenters. The van der Waals surface area contributed by atoms with E-state index < -0.39 is 0 Å². The maximum atomic E-state index is 5.57. The van der Waals surface area contributed by atoms with Gasteiger partial charge in [0.1, 0.15) is 0 Å². The Morgan fingerprint density at radius 3 is 2.90 bits per heavy atom. The molecule has 114 valence electrons. The number of aromatic nitrogens is 2. The molecule has 5 heteroatoms. The maximum Gasteiger partial charge on any atom is 0.0738 e. The first kappa shape index (κ1) is 16.0. The first-order chi connectivity index (χ1) is 9.67. The fraction of sp³-hybridized carbons (Fsp3) is 0.800. The second-order valence-corrected chi connectivity index (χ2v) is 6.34. The molecule has 1 aliphatic heterocycles. The topological polar surface area (TPSA) is 39.1 Å². The molecule has 0 amide bonds. The smallest absolute Gasteiger partial charge is 0.0738 e. The van der Waals surface area contributed by atoms with E-state index >= 15 is 0 Å². The number of aryl methyl sites for hydroxylation is 2. The SMILES string of the molecule is CCCNC(Cc1c(Br)c(C)nn1CC)C1CCOC1. The second kappa shape index (κ2) is 7.57. The highest BCUT2D eigenvalue weighted by Crippen LogP contribution is 2.26. The normalized spacial score (nSPS) is 20.5. The maximum absolute atomic E-state index is 5.57. The van der Waals surface area contributed by atoms with Gasteiger partial charge in [-0.05, 0) is 49.2 Å². The highest BCUT2D eigenvalue weighted by Gasteiger charge is 2.27. The standard InChI is InChI=1S/C15H26BrN3O/c1-4-7-17-13(12-6-8-20-10-12)9-14-15(16)11(3)18-19(14)5-2/h12-13,17H,4-10H2,1-3H3. The van der Waals surface area contributed by atoms with Crippen molar-refractivity contribution in [3.8, 4) is 0 Å². The molecular weight excluding hydrogens is 318 g/mol. The van der Waals surface area contributed by atoms with E-state index in [-0.39, 0.29) is 0 Å². The lowest BCUT2D eigenvalue weighted by Crippen LogP contribution is -2.39. The van der Waals surface area contributed by atoms with Crippen molar-refractivity contribution in [2.45, 2.75) is 52.6 Å². The van der Waals surface area contributed by atoms with Gasteiger partial charge in [0.2, 0.25) is 0 Å². The zero-order valence-corrected chi connectivity index (χ0v) is 14.4. The average molecular weight is 344 g/mol. The lowest BCUT2D eigenvalue weighted by Gasteiger charge is -2.24. The summed E-state index contributed by atoms with van der Waals surface area (Å²) < 4.78 is 8.86. The number of ether oxygens (including phenoxy) is 1. The minimum Gasteiger partial charge on any atom is -0.381 e. The summed E-state index contributed by atoms with van der Waals surface area (Å²) in [4.78, 5) is 0. The summed E-state index contributed by atoms with van der Waals surface area (Å²) >= 11 is 3.70. The van der Waals surface area contributed by atoms with Crippen molar-refractivity contribution in [1.82, 2.24) is 15.1 Å². The molecular formula is C15H26BrN3O. The van der Waals surface area contributed by atoms with E-state index in [4.69, 9.17) is 4.74 Å². The first-order valence-electron chi connectivity index (χ1n) is 7.70. The van der Waals surface area contributed by atoms with Crippen LogP contribution >= 0.6 is 15.9 Å². The largest absolute Gasteiger partial charge is 0.381 e. The summed E-state index contributed by atoms with van der Waals surface area (Å²) in [5, 5.41) is 8.31. The van der Waals surface area contributed by atoms with Crippen LogP contribution in [0.4, 0.5) is 0 Å². The number of rotatable bonds is 7. The summed E-state index contributed by atoms with van der Waals surface area (Å²) in [6.07, 6.45) is 3.35. The van der Waals surface area contributed by atoms with Crippen molar-refractivity contribution < 1.29 is 4.74 Å². The predicted molar refractivity (Wildman–Crippen MR) is 85.0 cm³/mol. The van der Waals surface area contributed by atoms with Gasteiger partial charge in [-0.25, -0.2) is 0 Å². The molecule has 4 nitrogen and oxygen atoms in total. The van der Waals surface area contributed by atoms with Gasteiger partial charge in [0.25, 0.3) is 0 Å². The van der Waals surface area contributed by atoms with Crippen LogP contribution in [0.5, 0.6) is 0 Å². The van der Waals surface area contributed by atoms with Crippen LogP contribution in [0.15, 0.2) is 4.47 Å². The Kier molecular flexibility index (Phi) is 6.05. The summed E-state index contributed by atoms with van der Waals surface area (Å²) in [6, 6.07) is 0.482. The minimum absolute atomic E-state index is 0.482. The molecule has 1 aliphatic rings. The Labute approximate surface area is 130 Å². The van der Waals surface area contributed by atoms with Crippen LogP contribution in [0.2, 0.25) is 0 Å². The van der Waals surface area contributed by atoms with Crippen LogP contribution in [-0.4, -0.2) is 35.6 Å². The molecule has 1 saturated heterocycles. The number of nitrogens with one attached hydrogen (secondary N) is 1. The van der Waals surface area contributed by atoms with E-state index in [1.54, 1.807) is 0 Å².